The Kier molecular flexibility index (Phi) is 5.44. The number of rotatable bonds is 4. The average Bonchev–Trinajstić information content (AvgIpc) is 2.30. The fourth-order valence-corrected chi connectivity index (χ4v) is 3.79. The number of aliphatic hydroxyl groups excluding tert-OH is 1. The van der Waals surface area contributed by atoms with Gasteiger partial charge in [0.15, 0.2) is 8.32 Å². The zero-order valence-corrected chi connectivity index (χ0v) is 14.9. The Labute approximate surface area is 124 Å². The molecule has 1 rings (SSSR count). The van der Waals surface area contributed by atoms with Crippen LogP contribution in [0.5, 0.6) is 0 Å². The topological polar surface area (TPSA) is 55.8 Å². The largest absolute Gasteiger partial charge is 0.462 e. The van der Waals surface area contributed by atoms with Gasteiger partial charge in [-0.1, -0.05) is 27.7 Å². The smallest absolute Gasteiger partial charge is 0.311 e. The van der Waals surface area contributed by atoms with Gasteiger partial charge in [0.05, 0.1) is 12.0 Å². The molecule has 0 aliphatic carbocycles. The van der Waals surface area contributed by atoms with E-state index in [1.807, 2.05) is 6.92 Å². The average molecular weight is 302 g/mol. The molecule has 1 saturated heterocycles. The summed E-state index contributed by atoms with van der Waals surface area (Å²) >= 11 is 0. The van der Waals surface area contributed by atoms with E-state index in [2.05, 4.69) is 40.8 Å². The lowest BCUT2D eigenvalue weighted by atomic mass is 9.85. The highest BCUT2D eigenvalue weighted by Gasteiger charge is 2.47. The van der Waals surface area contributed by atoms with E-state index < -0.39 is 8.32 Å². The normalized spacial score (nSPS) is 32.1. The van der Waals surface area contributed by atoms with E-state index in [4.69, 9.17) is 14.3 Å². The van der Waals surface area contributed by atoms with Crippen molar-refractivity contribution in [1.82, 2.24) is 0 Å². The predicted molar refractivity (Wildman–Crippen MR) is 82.0 cm³/mol. The molecule has 0 radical (unpaired) electrons. The first-order chi connectivity index (χ1) is 9.01. The van der Waals surface area contributed by atoms with Crippen molar-refractivity contribution >= 4 is 14.3 Å². The van der Waals surface area contributed by atoms with Crippen molar-refractivity contribution in [2.75, 3.05) is 6.61 Å². The number of carbonyl (C=O) groups excluding carboxylic acids is 1. The summed E-state index contributed by atoms with van der Waals surface area (Å²) in [6.07, 6.45) is 0.129. The van der Waals surface area contributed by atoms with Crippen LogP contribution in [-0.4, -0.2) is 38.2 Å². The molecule has 1 fully saturated rings. The Morgan fingerprint density at radius 1 is 1.30 bits per heavy atom. The monoisotopic (exact) mass is 302 g/mol. The maximum atomic E-state index is 12.0. The first-order valence-corrected chi connectivity index (χ1v) is 10.4. The van der Waals surface area contributed by atoms with Crippen molar-refractivity contribution in [2.45, 2.75) is 71.4 Å². The quantitative estimate of drug-likeness (QED) is 0.641. The molecule has 5 heteroatoms. The molecule has 0 amide bonds. The zero-order chi connectivity index (χ0) is 15.7. The second kappa shape index (κ2) is 6.16. The van der Waals surface area contributed by atoms with E-state index >= 15 is 0 Å². The summed E-state index contributed by atoms with van der Waals surface area (Å²) in [6.45, 7) is 15.0. The van der Waals surface area contributed by atoms with E-state index in [-0.39, 0.29) is 41.7 Å². The van der Waals surface area contributed by atoms with Crippen LogP contribution in [0.25, 0.3) is 0 Å². The Morgan fingerprint density at radius 3 is 2.30 bits per heavy atom. The molecule has 0 spiro atoms. The fraction of sp³-hybridized carbons (Fsp3) is 0.933. The highest BCUT2D eigenvalue weighted by atomic mass is 28.4. The van der Waals surface area contributed by atoms with Crippen molar-refractivity contribution in [2.24, 2.45) is 11.8 Å². The van der Waals surface area contributed by atoms with Crippen LogP contribution in [0.4, 0.5) is 0 Å². The third-order valence-corrected chi connectivity index (χ3v) is 9.36. The summed E-state index contributed by atoms with van der Waals surface area (Å²) < 4.78 is 11.9. The predicted octanol–water partition coefficient (Wildman–Crippen LogP) is 2.96. The van der Waals surface area contributed by atoms with Gasteiger partial charge >= 0.3 is 5.97 Å². The molecule has 0 aromatic rings. The number of ether oxygens (including phenoxy) is 1. The van der Waals surface area contributed by atoms with Crippen LogP contribution < -0.4 is 0 Å². The molecule has 1 aliphatic heterocycles. The third-order valence-electron chi connectivity index (χ3n) is 4.89. The van der Waals surface area contributed by atoms with Crippen LogP contribution in [0.15, 0.2) is 0 Å². The third kappa shape index (κ3) is 3.62. The number of hydrogen-bond acceptors (Lipinski definition) is 4. The number of aliphatic hydroxyl groups is 1. The van der Waals surface area contributed by atoms with E-state index in [0.717, 1.165) is 0 Å². The molecule has 20 heavy (non-hydrogen) atoms. The Balaban J connectivity index is 2.92. The van der Waals surface area contributed by atoms with Crippen LogP contribution in [0.1, 0.15) is 41.0 Å². The van der Waals surface area contributed by atoms with Gasteiger partial charge in [-0.15, -0.1) is 0 Å². The van der Waals surface area contributed by atoms with Gasteiger partial charge in [0.25, 0.3) is 0 Å². The minimum absolute atomic E-state index is 0.0312. The highest BCUT2D eigenvalue weighted by Crippen LogP contribution is 2.41. The molecule has 118 valence electrons. The highest BCUT2D eigenvalue weighted by molar-refractivity contribution is 6.74. The van der Waals surface area contributed by atoms with Crippen molar-refractivity contribution in [3.8, 4) is 0 Å². The van der Waals surface area contributed by atoms with Gasteiger partial charge in [-0.25, -0.2) is 0 Å². The summed E-state index contributed by atoms with van der Waals surface area (Å²) in [5, 5.41) is 9.22. The lowest BCUT2D eigenvalue weighted by Gasteiger charge is -2.46. The van der Waals surface area contributed by atoms with E-state index in [9.17, 15) is 4.79 Å². The standard InChI is InChI=1S/C15H30O4Si/c1-10-12(8-9-16)18-14(17)11(2)13(10)19-20(6,7)15(3,4)5/h10-13,16H,8-9H2,1-7H3/t10-,11-,12+,13?/m0/s1. The number of carbonyl (C=O) groups is 1. The lowest BCUT2D eigenvalue weighted by Crippen LogP contribution is -2.54. The Morgan fingerprint density at radius 2 is 1.85 bits per heavy atom. The molecule has 1 unspecified atom stereocenters. The minimum Gasteiger partial charge on any atom is -0.462 e. The molecule has 0 saturated carbocycles. The summed E-state index contributed by atoms with van der Waals surface area (Å²) in [4.78, 5) is 12.0. The summed E-state index contributed by atoms with van der Waals surface area (Å²) in [5.74, 6) is -0.330. The van der Waals surface area contributed by atoms with Gasteiger partial charge in [-0.05, 0) is 25.1 Å². The lowest BCUT2D eigenvalue weighted by molar-refractivity contribution is -0.177. The molecule has 1 heterocycles. The van der Waals surface area contributed by atoms with Gasteiger partial charge in [0, 0.05) is 18.9 Å². The van der Waals surface area contributed by atoms with Crippen molar-refractivity contribution in [1.29, 1.82) is 0 Å². The van der Waals surface area contributed by atoms with E-state index in [0.29, 0.717) is 6.42 Å². The summed E-state index contributed by atoms with van der Waals surface area (Å²) in [7, 11) is -1.93. The van der Waals surface area contributed by atoms with Crippen LogP contribution >= 0.6 is 0 Å². The van der Waals surface area contributed by atoms with E-state index in [1.165, 1.54) is 0 Å². The van der Waals surface area contributed by atoms with Gasteiger partial charge in [-0.2, -0.15) is 0 Å². The molecule has 0 bridgehead atoms. The van der Waals surface area contributed by atoms with Crippen LogP contribution in [0.2, 0.25) is 18.1 Å². The summed E-state index contributed by atoms with van der Waals surface area (Å²) in [5.41, 5.74) is 0. The zero-order valence-electron chi connectivity index (χ0n) is 13.9. The maximum Gasteiger partial charge on any atom is 0.311 e. The molecule has 1 N–H and O–H groups in total. The molecular formula is C15H30O4Si. The number of cyclic esters (lactones) is 1. The minimum atomic E-state index is -1.93. The Bertz CT molecular complexity index is 348. The number of hydrogen-bond donors (Lipinski definition) is 1. The second-order valence-corrected chi connectivity index (χ2v) is 12.2. The molecule has 1 aliphatic rings. The maximum absolute atomic E-state index is 12.0. The van der Waals surface area contributed by atoms with Crippen LogP contribution in [-0.2, 0) is 14.0 Å². The van der Waals surface area contributed by atoms with Crippen molar-refractivity contribution in [3.63, 3.8) is 0 Å². The molecule has 4 atom stereocenters. The van der Waals surface area contributed by atoms with Gasteiger partial charge < -0.3 is 14.3 Å². The van der Waals surface area contributed by atoms with Crippen LogP contribution in [0.3, 0.4) is 0 Å². The second-order valence-electron chi connectivity index (χ2n) is 7.48. The van der Waals surface area contributed by atoms with Gasteiger partial charge in [-0.3, -0.25) is 4.79 Å². The fourth-order valence-electron chi connectivity index (χ4n) is 2.34. The first kappa shape index (κ1) is 17.7. The molecule has 0 aromatic heterocycles. The molecular weight excluding hydrogens is 272 g/mol. The van der Waals surface area contributed by atoms with Gasteiger partial charge in [0.2, 0.25) is 0 Å². The van der Waals surface area contributed by atoms with Gasteiger partial charge in [0.1, 0.15) is 6.10 Å². The SMILES string of the molecule is C[C@@H]1C(=O)O[C@H](CCO)[C@H](C)C1O[Si](C)(C)C(C)(C)C. The number of esters is 1. The summed E-state index contributed by atoms with van der Waals surface area (Å²) in [6, 6.07) is 0. The Hall–Kier alpha value is -0.393. The van der Waals surface area contributed by atoms with Crippen molar-refractivity contribution < 1.29 is 19.1 Å². The van der Waals surface area contributed by atoms with Crippen molar-refractivity contribution in [3.05, 3.63) is 0 Å². The molecule has 4 nitrogen and oxygen atoms in total. The van der Waals surface area contributed by atoms with Crippen LogP contribution in [0, 0.1) is 11.8 Å². The first-order valence-electron chi connectivity index (χ1n) is 7.50. The molecule has 0 aromatic carbocycles. The van der Waals surface area contributed by atoms with E-state index in [1.54, 1.807) is 0 Å².